The van der Waals surface area contributed by atoms with Crippen molar-refractivity contribution < 1.29 is 0 Å². The first kappa shape index (κ1) is 15.6. The predicted molar refractivity (Wildman–Crippen MR) is 90.5 cm³/mol. The monoisotopic (exact) mass is 300 g/mol. The summed E-state index contributed by atoms with van der Waals surface area (Å²) in [5, 5.41) is 5.75. The van der Waals surface area contributed by atoms with Crippen molar-refractivity contribution in [3.63, 3.8) is 0 Å². The normalized spacial score (nSPS) is 30.2. The Balaban J connectivity index is 1.88. The highest BCUT2D eigenvalue weighted by molar-refractivity contribution is 8.13. The summed E-state index contributed by atoms with van der Waals surface area (Å²) >= 11 is 4.07. The highest BCUT2D eigenvalue weighted by atomic mass is 32.2. The number of hydrogen-bond donors (Lipinski definition) is 1. The third-order valence-corrected chi connectivity index (χ3v) is 7.32. The lowest BCUT2D eigenvalue weighted by Gasteiger charge is -2.34. The number of rotatable bonds is 5. The van der Waals surface area contributed by atoms with E-state index in [0.29, 0.717) is 11.5 Å². The van der Waals surface area contributed by atoms with Crippen molar-refractivity contribution in [2.24, 2.45) is 10.4 Å². The van der Waals surface area contributed by atoms with Gasteiger partial charge in [-0.3, -0.25) is 4.99 Å². The van der Waals surface area contributed by atoms with E-state index in [4.69, 9.17) is 4.99 Å². The summed E-state index contributed by atoms with van der Waals surface area (Å²) in [4.78, 5) is 4.84. The van der Waals surface area contributed by atoms with E-state index in [1.54, 1.807) is 0 Å². The van der Waals surface area contributed by atoms with Gasteiger partial charge in [0.1, 0.15) is 0 Å². The van der Waals surface area contributed by atoms with Gasteiger partial charge < -0.3 is 5.32 Å². The Morgan fingerprint density at radius 1 is 1.32 bits per heavy atom. The number of nitrogens with zero attached hydrogens (tertiary/aromatic N) is 1. The summed E-state index contributed by atoms with van der Waals surface area (Å²) in [5.74, 6) is 2.47. The minimum Gasteiger partial charge on any atom is -0.361 e. The van der Waals surface area contributed by atoms with Gasteiger partial charge in [-0.05, 0) is 36.9 Å². The summed E-state index contributed by atoms with van der Waals surface area (Å²) in [6, 6.07) is 0.659. The van der Waals surface area contributed by atoms with Crippen molar-refractivity contribution >= 4 is 28.7 Å². The molecule has 2 unspecified atom stereocenters. The highest BCUT2D eigenvalue weighted by Gasteiger charge is 2.32. The smallest absolute Gasteiger partial charge is 0.156 e. The SMILES string of the molecule is CCSC1CCCC1NC1=NCC(CC)(CC)CS1. The Morgan fingerprint density at radius 2 is 2.11 bits per heavy atom. The molecule has 2 atom stereocenters. The number of aliphatic imine (C=N–C) groups is 1. The van der Waals surface area contributed by atoms with Gasteiger partial charge in [-0.15, -0.1) is 0 Å². The maximum Gasteiger partial charge on any atom is 0.156 e. The van der Waals surface area contributed by atoms with Gasteiger partial charge in [0.15, 0.2) is 5.17 Å². The molecule has 1 fully saturated rings. The molecule has 4 heteroatoms. The van der Waals surface area contributed by atoms with E-state index in [1.165, 1.54) is 48.8 Å². The van der Waals surface area contributed by atoms with E-state index in [2.05, 4.69) is 37.8 Å². The summed E-state index contributed by atoms with van der Waals surface area (Å²) < 4.78 is 0. The van der Waals surface area contributed by atoms with Crippen LogP contribution in [0.3, 0.4) is 0 Å². The first-order valence-corrected chi connectivity index (χ1v) is 9.82. The molecule has 2 rings (SSSR count). The molecule has 0 aromatic heterocycles. The zero-order chi connectivity index (χ0) is 13.7. The van der Waals surface area contributed by atoms with E-state index in [-0.39, 0.29) is 0 Å². The average molecular weight is 301 g/mol. The van der Waals surface area contributed by atoms with Crippen LogP contribution in [0, 0.1) is 5.41 Å². The van der Waals surface area contributed by atoms with Crippen LogP contribution in [0.15, 0.2) is 4.99 Å². The van der Waals surface area contributed by atoms with Gasteiger partial charge in [-0.25, -0.2) is 0 Å². The van der Waals surface area contributed by atoms with Gasteiger partial charge in [0.2, 0.25) is 0 Å². The largest absolute Gasteiger partial charge is 0.361 e. The second kappa shape index (κ2) is 7.26. The summed E-state index contributed by atoms with van der Waals surface area (Å²) in [6.45, 7) is 7.91. The molecule has 2 nitrogen and oxygen atoms in total. The molecule has 0 spiro atoms. The van der Waals surface area contributed by atoms with Gasteiger partial charge in [0, 0.05) is 23.6 Å². The summed E-state index contributed by atoms with van der Waals surface area (Å²) in [6.07, 6.45) is 6.59. The average Bonchev–Trinajstić information content (AvgIpc) is 2.88. The molecule has 19 heavy (non-hydrogen) atoms. The fourth-order valence-corrected chi connectivity index (χ4v) is 5.51. The highest BCUT2D eigenvalue weighted by Crippen LogP contribution is 2.36. The molecule has 0 amide bonds. The van der Waals surface area contributed by atoms with Gasteiger partial charge >= 0.3 is 0 Å². The molecule has 1 aliphatic heterocycles. The molecule has 2 aliphatic rings. The Morgan fingerprint density at radius 3 is 2.68 bits per heavy atom. The molecule has 1 N–H and O–H groups in total. The molecule has 0 saturated heterocycles. The number of hydrogen-bond acceptors (Lipinski definition) is 4. The molecule has 0 aromatic carbocycles. The van der Waals surface area contributed by atoms with Crippen LogP contribution in [0.4, 0.5) is 0 Å². The first-order chi connectivity index (χ1) is 9.23. The van der Waals surface area contributed by atoms with Crippen LogP contribution in [-0.2, 0) is 0 Å². The van der Waals surface area contributed by atoms with Crippen LogP contribution >= 0.6 is 23.5 Å². The van der Waals surface area contributed by atoms with E-state index in [9.17, 15) is 0 Å². The molecule has 0 aromatic rings. The van der Waals surface area contributed by atoms with E-state index < -0.39 is 0 Å². The van der Waals surface area contributed by atoms with Gasteiger partial charge in [0.05, 0.1) is 0 Å². The molecule has 1 heterocycles. The van der Waals surface area contributed by atoms with Crippen molar-refractivity contribution in [3.05, 3.63) is 0 Å². The van der Waals surface area contributed by atoms with Crippen molar-refractivity contribution in [2.75, 3.05) is 18.1 Å². The molecule has 0 bridgehead atoms. The number of thioether (sulfide) groups is 2. The Labute approximate surface area is 127 Å². The fourth-order valence-electron chi connectivity index (χ4n) is 2.98. The van der Waals surface area contributed by atoms with Gasteiger partial charge in [-0.1, -0.05) is 39.0 Å². The summed E-state index contributed by atoms with van der Waals surface area (Å²) in [7, 11) is 0. The second-order valence-corrected chi connectivity index (χ2v) is 8.27. The molecule has 110 valence electrons. The minimum absolute atomic E-state index is 0.461. The predicted octanol–water partition coefficient (Wildman–Crippen LogP) is 4.16. The third kappa shape index (κ3) is 3.84. The zero-order valence-corrected chi connectivity index (χ0v) is 14.2. The van der Waals surface area contributed by atoms with Crippen LogP contribution in [-0.4, -0.2) is 34.5 Å². The lowest BCUT2D eigenvalue weighted by Crippen LogP contribution is -2.41. The van der Waals surface area contributed by atoms with Crippen molar-refractivity contribution in [1.82, 2.24) is 5.32 Å². The first-order valence-electron chi connectivity index (χ1n) is 7.78. The van der Waals surface area contributed by atoms with Crippen molar-refractivity contribution in [3.8, 4) is 0 Å². The number of amidine groups is 1. The Bertz CT molecular complexity index is 313. The van der Waals surface area contributed by atoms with Gasteiger partial charge in [0.25, 0.3) is 0 Å². The Hall–Kier alpha value is 0.170. The van der Waals surface area contributed by atoms with Crippen LogP contribution in [0.5, 0.6) is 0 Å². The standard InChI is InChI=1S/C15H28N2S2/c1-4-15(5-2)10-16-14(19-11-15)17-12-8-7-9-13(12)18-6-3/h12-13H,4-11H2,1-3H3,(H,16,17). The van der Waals surface area contributed by atoms with Crippen LogP contribution < -0.4 is 5.32 Å². The summed E-state index contributed by atoms with van der Waals surface area (Å²) in [5.41, 5.74) is 0.461. The van der Waals surface area contributed by atoms with E-state index >= 15 is 0 Å². The quantitative estimate of drug-likeness (QED) is 0.825. The maximum atomic E-state index is 4.84. The lowest BCUT2D eigenvalue weighted by molar-refractivity contribution is 0.318. The minimum atomic E-state index is 0.461. The van der Waals surface area contributed by atoms with Crippen molar-refractivity contribution in [1.29, 1.82) is 0 Å². The van der Waals surface area contributed by atoms with Crippen LogP contribution in [0.2, 0.25) is 0 Å². The topological polar surface area (TPSA) is 24.4 Å². The van der Waals surface area contributed by atoms with E-state index in [0.717, 1.165) is 11.8 Å². The molecular weight excluding hydrogens is 272 g/mol. The van der Waals surface area contributed by atoms with Crippen molar-refractivity contribution in [2.45, 2.75) is 64.2 Å². The molecular formula is C15H28N2S2. The van der Waals surface area contributed by atoms with E-state index in [1.807, 2.05) is 11.8 Å². The fraction of sp³-hybridized carbons (Fsp3) is 0.933. The zero-order valence-electron chi connectivity index (χ0n) is 12.6. The Kier molecular flexibility index (Phi) is 5.94. The maximum absolute atomic E-state index is 4.84. The molecule has 0 radical (unpaired) electrons. The van der Waals surface area contributed by atoms with Gasteiger partial charge in [-0.2, -0.15) is 11.8 Å². The van der Waals surface area contributed by atoms with Crippen LogP contribution in [0.25, 0.3) is 0 Å². The third-order valence-electron chi connectivity index (χ3n) is 4.72. The molecule has 1 aliphatic carbocycles. The second-order valence-electron chi connectivity index (χ2n) is 5.79. The van der Waals surface area contributed by atoms with Crippen LogP contribution in [0.1, 0.15) is 52.9 Å². The molecule has 1 saturated carbocycles. The number of nitrogens with one attached hydrogen (secondary N) is 1. The lowest BCUT2D eigenvalue weighted by atomic mass is 9.84.